The van der Waals surface area contributed by atoms with Crippen LogP contribution in [0.1, 0.15) is 17.3 Å². The molecule has 31 heavy (non-hydrogen) atoms. The Hall–Kier alpha value is -2.74. The molecule has 0 radical (unpaired) electrons. The lowest BCUT2D eigenvalue weighted by Gasteiger charge is -2.09. The molecule has 0 aliphatic rings. The van der Waals surface area contributed by atoms with Gasteiger partial charge in [-0.25, -0.2) is 0 Å². The second kappa shape index (κ2) is 10.0. The van der Waals surface area contributed by atoms with Crippen molar-refractivity contribution in [1.29, 1.82) is 0 Å². The van der Waals surface area contributed by atoms with Crippen molar-refractivity contribution < 1.29 is 14.3 Å². The van der Waals surface area contributed by atoms with Crippen molar-refractivity contribution in [3.63, 3.8) is 0 Å². The van der Waals surface area contributed by atoms with E-state index in [-0.39, 0.29) is 5.91 Å². The minimum atomic E-state index is -0.345. The van der Waals surface area contributed by atoms with Crippen molar-refractivity contribution in [2.24, 2.45) is 4.99 Å². The number of rotatable bonds is 7. The predicted octanol–water partition coefficient (Wildman–Crippen LogP) is 6.04. The van der Waals surface area contributed by atoms with Crippen LogP contribution in [0.4, 0.5) is 0 Å². The van der Waals surface area contributed by atoms with E-state index < -0.39 is 0 Å². The number of aromatic nitrogens is 1. The average Bonchev–Trinajstić information content (AvgIpc) is 3.11. The summed E-state index contributed by atoms with van der Waals surface area (Å²) in [5.74, 6) is 0.802. The Morgan fingerprint density at radius 3 is 2.65 bits per heavy atom. The second-order valence-corrected chi connectivity index (χ2v) is 8.60. The van der Waals surface area contributed by atoms with Gasteiger partial charge in [-0.2, -0.15) is 4.99 Å². The maximum absolute atomic E-state index is 13.2. The summed E-state index contributed by atoms with van der Waals surface area (Å²) in [6.07, 6.45) is 0. The quantitative estimate of drug-likeness (QED) is 0.293. The summed E-state index contributed by atoms with van der Waals surface area (Å²) in [7, 11) is 0. The van der Waals surface area contributed by atoms with Crippen LogP contribution in [0.2, 0.25) is 0 Å². The number of amides is 1. The number of hydrogen-bond donors (Lipinski definition) is 0. The van der Waals surface area contributed by atoms with Gasteiger partial charge >= 0.3 is 0 Å². The molecule has 4 aromatic rings. The van der Waals surface area contributed by atoms with E-state index in [1.807, 2.05) is 72.2 Å². The van der Waals surface area contributed by atoms with Crippen LogP contribution in [0.5, 0.6) is 11.5 Å². The van der Waals surface area contributed by atoms with Gasteiger partial charge in [0.15, 0.2) is 4.80 Å². The normalized spacial score (nSPS) is 11.7. The fraction of sp³-hybridized carbons (Fsp3) is 0.167. The molecule has 0 aliphatic carbocycles. The summed E-state index contributed by atoms with van der Waals surface area (Å²) in [5, 5.41) is 0. The second-order valence-electron chi connectivity index (χ2n) is 6.67. The minimum Gasteiger partial charge on any atom is -0.457 e. The van der Waals surface area contributed by atoms with Crippen LogP contribution in [-0.4, -0.2) is 23.7 Å². The topological polar surface area (TPSA) is 52.8 Å². The fourth-order valence-corrected chi connectivity index (χ4v) is 4.75. The molecule has 0 N–H and O–H groups in total. The first kappa shape index (κ1) is 21.5. The third kappa shape index (κ3) is 5.12. The molecular weight excluding hydrogens is 476 g/mol. The molecule has 0 saturated heterocycles. The first-order chi connectivity index (χ1) is 15.2. The maximum atomic E-state index is 13.2. The summed E-state index contributed by atoms with van der Waals surface area (Å²) in [6, 6.07) is 22.6. The van der Waals surface area contributed by atoms with Crippen LogP contribution in [0, 0.1) is 0 Å². The molecule has 1 aromatic heterocycles. The molecule has 0 atom stereocenters. The van der Waals surface area contributed by atoms with Gasteiger partial charge in [0.25, 0.3) is 5.91 Å². The number of para-hydroxylation sites is 2. The first-order valence-corrected chi connectivity index (χ1v) is 11.5. The zero-order valence-electron chi connectivity index (χ0n) is 17.0. The van der Waals surface area contributed by atoms with Gasteiger partial charge in [-0.3, -0.25) is 4.79 Å². The highest BCUT2D eigenvalue weighted by Crippen LogP contribution is 2.26. The standard InChI is InChI=1S/C24H21BrN2O3S/c1-2-29-15-14-27-20-13-12-17(25)16-22(20)31-24(27)26-23(28)19-10-6-7-11-21(19)30-18-8-4-3-5-9-18/h3-13,16H,2,14-15H2,1H3. The summed E-state index contributed by atoms with van der Waals surface area (Å²) in [4.78, 5) is 18.3. The van der Waals surface area contributed by atoms with Gasteiger partial charge in [0.05, 0.1) is 22.4 Å². The van der Waals surface area contributed by atoms with Crippen molar-refractivity contribution in [2.75, 3.05) is 13.2 Å². The molecule has 7 heteroatoms. The van der Waals surface area contributed by atoms with Crippen molar-refractivity contribution in [2.45, 2.75) is 13.5 Å². The van der Waals surface area contributed by atoms with Gasteiger partial charge in [-0.15, -0.1) is 0 Å². The number of hydrogen-bond acceptors (Lipinski definition) is 4. The van der Waals surface area contributed by atoms with Crippen LogP contribution < -0.4 is 9.54 Å². The van der Waals surface area contributed by atoms with Gasteiger partial charge < -0.3 is 14.0 Å². The SMILES string of the molecule is CCOCCn1c(=NC(=O)c2ccccc2Oc2ccccc2)sc2cc(Br)ccc21. The van der Waals surface area contributed by atoms with E-state index in [0.29, 0.717) is 41.6 Å². The molecule has 0 unspecified atom stereocenters. The van der Waals surface area contributed by atoms with Gasteiger partial charge in [-0.1, -0.05) is 57.6 Å². The molecule has 3 aromatic carbocycles. The Kier molecular flexibility index (Phi) is 6.96. The zero-order chi connectivity index (χ0) is 21.6. The third-order valence-electron chi connectivity index (χ3n) is 4.59. The van der Waals surface area contributed by atoms with Crippen LogP contribution in [0.15, 0.2) is 82.3 Å². The highest BCUT2D eigenvalue weighted by molar-refractivity contribution is 9.10. The van der Waals surface area contributed by atoms with E-state index in [4.69, 9.17) is 9.47 Å². The van der Waals surface area contributed by atoms with E-state index in [0.717, 1.165) is 14.7 Å². The summed E-state index contributed by atoms with van der Waals surface area (Å²) in [5.41, 5.74) is 1.44. The van der Waals surface area contributed by atoms with Gasteiger partial charge in [0.1, 0.15) is 11.5 Å². The molecule has 0 bridgehead atoms. The number of carbonyl (C=O) groups is 1. The molecular formula is C24H21BrN2O3S. The zero-order valence-corrected chi connectivity index (χ0v) is 19.4. The van der Waals surface area contributed by atoms with Crippen molar-refractivity contribution in [3.05, 3.63) is 87.6 Å². The number of thiazole rings is 1. The number of nitrogens with zero attached hydrogens (tertiary/aromatic N) is 2. The Balaban J connectivity index is 1.73. The Morgan fingerprint density at radius 1 is 1.06 bits per heavy atom. The van der Waals surface area contributed by atoms with E-state index in [1.165, 1.54) is 11.3 Å². The first-order valence-electron chi connectivity index (χ1n) is 9.93. The van der Waals surface area contributed by atoms with E-state index >= 15 is 0 Å². The largest absolute Gasteiger partial charge is 0.457 e. The number of benzene rings is 3. The Bertz CT molecular complexity index is 1260. The Labute approximate surface area is 192 Å². The minimum absolute atomic E-state index is 0.345. The molecule has 0 spiro atoms. The van der Waals surface area contributed by atoms with Crippen molar-refractivity contribution in [1.82, 2.24) is 4.57 Å². The highest BCUT2D eigenvalue weighted by atomic mass is 79.9. The maximum Gasteiger partial charge on any atom is 0.283 e. The lowest BCUT2D eigenvalue weighted by Crippen LogP contribution is -2.19. The number of halogens is 1. The predicted molar refractivity (Wildman–Crippen MR) is 127 cm³/mol. The van der Waals surface area contributed by atoms with Crippen molar-refractivity contribution >= 4 is 43.4 Å². The van der Waals surface area contributed by atoms with Crippen LogP contribution in [-0.2, 0) is 11.3 Å². The summed E-state index contributed by atoms with van der Waals surface area (Å²) < 4.78 is 15.5. The van der Waals surface area contributed by atoms with E-state index in [2.05, 4.69) is 20.9 Å². The fourth-order valence-electron chi connectivity index (χ4n) is 3.14. The average molecular weight is 497 g/mol. The number of ether oxygens (including phenoxy) is 2. The highest BCUT2D eigenvalue weighted by Gasteiger charge is 2.14. The molecule has 1 amide bonds. The van der Waals surface area contributed by atoms with Gasteiger partial charge in [0, 0.05) is 17.6 Å². The Morgan fingerprint density at radius 2 is 1.84 bits per heavy atom. The number of fused-ring (bicyclic) bond motifs is 1. The molecule has 0 fully saturated rings. The smallest absolute Gasteiger partial charge is 0.283 e. The molecule has 0 aliphatic heterocycles. The molecule has 4 rings (SSSR count). The monoisotopic (exact) mass is 496 g/mol. The molecule has 0 saturated carbocycles. The number of carbonyl (C=O) groups excluding carboxylic acids is 1. The van der Waals surface area contributed by atoms with E-state index in [1.54, 1.807) is 12.1 Å². The lowest BCUT2D eigenvalue weighted by molar-refractivity contribution is 0.0994. The lowest BCUT2D eigenvalue weighted by atomic mass is 10.2. The molecule has 158 valence electrons. The van der Waals surface area contributed by atoms with Crippen LogP contribution >= 0.6 is 27.3 Å². The van der Waals surface area contributed by atoms with Crippen LogP contribution in [0.25, 0.3) is 10.2 Å². The van der Waals surface area contributed by atoms with Gasteiger partial charge in [0.2, 0.25) is 0 Å². The third-order valence-corrected chi connectivity index (χ3v) is 6.13. The molecule has 5 nitrogen and oxygen atoms in total. The van der Waals surface area contributed by atoms with E-state index in [9.17, 15) is 4.79 Å². The molecule has 1 heterocycles. The summed E-state index contributed by atoms with van der Waals surface area (Å²) in [6.45, 7) is 3.77. The van der Waals surface area contributed by atoms with Gasteiger partial charge in [-0.05, 0) is 49.4 Å². The van der Waals surface area contributed by atoms with Crippen LogP contribution in [0.3, 0.4) is 0 Å². The van der Waals surface area contributed by atoms with Crippen molar-refractivity contribution in [3.8, 4) is 11.5 Å². The summed E-state index contributed by atoms with van der Waals surface area (Å²) >= 11 is 5.00.